The zero-order valence-electron chi connectivity index (χ0n) is 10.5. The number of benzene rings is 1. The van der Waals surface area contributed by atoms with Crippen molar-refractivity contribution in [3.8, 4) is 0 Å². The van der Waals surface area contributed by atoms with E-state index in [0.717, 1.165) is 12.2 Å². The number of quaternary nitrogens is 1. The first-order chi connectivity index (χ1) is 8.24. The lowest BCUT2D eigenvalue weighted by Gasteiger charge is -2.23. The Morgan fingerprint density at radius 2 is 1.82 bits per heavy atom. The molecule has 0 unspecified atom stereocenters. The van der Waals surface area contributed by atoms with Crippen molar-refractivity contribution in [1.82, 2.24) is 0 Å². The maximum atomic E-state index is 10.9. The van der Waals surface area contributed by atoms with Crippen LogP contribution in [0.5, 0.6) is 0 Å². The van der Waals surface area contributed by atoms with E-state index in [1.165, 1.54) is 44.8 Å². The summed E-state index contributed by atoms with van der Waals surface area (Å²) in [5.41, 5.74) is 2.24. The molecule has 0 aliphatic carbocycles. The van der Waals surface area contributed by atoms with E-state index in [1.54, 1.807) is 4.90 Å². The Bertz CT molecular complexity index is 366. The van der Waals surface area contributed by atoms with Crippen LogP contribution in [0.15, 0.2) is 24.3 Å². The normalized spacial score (nSPS) is 16.8. The van der Waals surface area contributed by atoms with Crippen LogP contribution in [0.25, 0.3) is 0 Å². The maximum Gasteiger partial charge on any atom is 0.221 e. The number of carbonyl (C=O) groups is 1. The second kappa shape index (κ2) is 5.82. The molecule has 1 aromatic rings. The lowest BCUT2D eigenvalue weighted by Crippen LogP contribution is -3.11. The zero-order chi connectivity index (χ0) is 12.1. The molecule has 0 atom stereocenters. The number of nitrogens with one attached hydrogen (secondary N) is 2. The first kappa shape index (κ1) is 12.1. The van der Waals surface area contributed by atoms with E-state index in [0.29, 0.717) is 0 Å². The third-order valence-corrected chi connectivity index (χ3v) is 3.29. The zero-order valence-corrected chi connectivity index (χ0v) is 10.5. The van der Waals surface area contributed by atoms with Gasteiger partial charge in [-0.2, -0.15) is 0 Å². The van der Waals surface area contributed by atoms with Crippen molar-refractivity contribution >= 4 is 11.6 Å². The summed E-state index contributed by atoms with van der Waals surface area (Å²) in [6.07, 6.45) is 4.11. The van der Waals surface area contributed by atoms with E-state index in [2.05, 4.69) is 17.4 Å². The third-order valence-electron chi connectivity index (χ3n) is 3.29. The molecule has 1 saturated heterocycles. The topological polar surface area (TPSA) is 33.5 Å². The highest BCUT2D eigenvalue weighted by Gasteiger charge is 2.13. The van der Waals surface area contributed by atoms with Crippen LogP contribution in [-0.4, -0.2) is 19.0 Å². The summed E-state index contributed by atoms with van der Waals surface area (Å²) in [6.45, 7) is 5.24. The number of rotatable bonds is 3. The van der Waals surface area contributed by atoms with E-state index in [-0.39, 0.29) is 5.91 Å². The molecule has 2 N–H and O–H groups in total. The Hall–Kier alpha value is -1.35. The molecule has 0 spiro atoms. The summed E-state index contributed by atoms with van der Waals surface area (Å²) in [7, 11) is 0. The highest BCUT2D eigenvalue weighted by Crippen LogP contribution is 2.09. The van der Waals surface area contributed by atoms with Gasteiger partial charge < -0.3 is 10.2 Å². The second-order valence-electron chi connectivity index (χ2n) is 4.87. The fourth-order valence-electron chi connectivity index (χ4n) is 2.43. The van der Waals surface area contributed by atoms with Gasteiger partial charge in [0.15, 0.2) is 0 Å². The maximum absolute atomic E-state index is 10.9. The van der Waals surface area contributed by atoms with Crippen molar-refractivity contribution in [2.24, 2.45) is 0 Å². The minimum atomic E-state index is -0.0144. The van der Waals surface area contributed by atoms with E-state index in [1.807, 2.05) is 12.1 Å². The summed E-state index contributed by atoms with van der Waals surface area (Å²) in [5.74, 6) is -0.0144. The average molecular weight is 233 g/mol. The molecule has 0 saturated carbocycles. The number of amides is 1. The predicted molar refractivity (Wildman–Crippen MR) is 69.0 cm³/mol. The molecule has 17 heavy (non-hydrogen) atoms. The molecule has 0 bridgehead atoms. The number of hydrogen-bond acceptors (Lipinski definition) is 1. The van der Waals surface area contributed by atoms with Gasteiger partial charge in [-0.15, -0.1) is 0 Å². The van der Waals surface area contributed by atoms with Gasteiger partial charge in [0.05, 0.1) is 13.1 Å². The minimum absolute atomic E-state index is 0.0144. The van der Waals surface area contributed by atoms with Gasteiger partial charge in [0, 0.05) is 18.2 Å². The van der Waals surface area contributed by atoms with Crippen LogP contribution in [0, 0.1) is 0 Å². The standard InChI is InChI=1S/C14H20N2O/c1-12(17)15-14-7-5-13(6-8-14)11-16-9-3-2-4-10-16/h5-8H,2-4,9-11H2,1H3,(H,15,17)/p+1. The van der Waals surface area contributed by atoms with Gasteiger partial charge in [0.2, 0.25) is 5.91 Å². The summed E-state index contributed by atoms with van der Waals surface area (Å²) in [4.78, 5) is 12.6. The summed E-state index contributed by atoms with van der Waals surface area (Å²) < 4.78 is 0. The average Bonchev–Trinajstić information content (AvgIpc) is 2.32. The largest absolute Gasteiger partial charge is 0.331 e. The quantitative estimate of drug-likeness (QED) is 0.808. The van der Waals surface area contributed by atoms with Crippen LogP contribution in [0.4, 0.5) is 5.69 Å². The number of anilines is 1. The molecule has 1 fully saturated rings. The Morgan fingerprint density at radius 3 is 2.41 bits per heavy atom. The number of hydrogen-bond donors (Lipinski definition) is 2. The van der Waals surface area contributed by atoms with Crippen LogP contribution in [-0.2, 0) is 11.3 Å². The number of carbonyl (C=O) groups excluding carboxylic acids is 1. The Kier molecular flexibility index (Phi) is 4.15. The molecule has 3 nitrogen and oxygen atoms in total. The van der Waals surface area contributed by atoms with Crippen LogP contribution < -0.4 is 10.2 Å². The highest BCUT2D eigenvalue weighted by atomic mass is 16.1. The van der Waals surface area contributed by atoms with Crippen molar-refractivity contribution in [2.75, 3.05) is 18.4 Å². The molecule has 1 amide bonds. The molecule has 0 aromatic heterocycles. The van der Waals surface area contributed by atoms with Crippen LogP contribution >= 0.6 is 0 Å². The number of likely N-dealkylation sites (tertiary alicyclic amines) is 1. The van der Waals surface area contributed by atoms with Gasteiger partial charge in [0.1, 0.15) is 6.54 Å². The predicted octanol–water partition coefficient (Wildman–Crippen LogP) is 1.21. The molecule has 0 radical (unpaired) electrons. The molecule has 1 aliphatic rings. The van der Waals surface area contributed by atoms with Crippen molar-refractivity contribution in [3.05, 3.63) is 29.8 Å². The van der Waals surface area contributed by atoms with Crippen molar-refractivity contribution < 1.29 is 9.69 Å². The Morgan fingerprint density at radius 1 is 1.18 bits per heavy atom. The first-order valence-corrected chi connectivity index (χ1v) is 6.44. The molecule has 92 valence electrons. The summed E-state index contributed by atoms with van der Waals surface area (Å²) in [5, 5.41) is 2.79. The molecular weight excluding hydrogens is 212 g/mol. The van der Waals surface area contributed by atoms with Gasteiger partial charge in [-0.05, 0) is 31.4 Å². The van der Waals surface area contributed by atoms with Crippen LogP contribution in [0.3, 0.4) is 0 Å². The van der Waals surface area contributed by atoms with Gasteiger partial charge in [-0.3, -0.25) is 4.79 Å². The summed E-state index contributed by atoms with van der Waals surface area (Å²) >= 11 is 0. The fraction of sp³-hybridized carbons (Fsp3) is 0.500. The lowest BCUT2D eigenvalue weighted by molar-refractivity contribution is -0.918. The van der Waals surface area contributed by atoms with E-state index >= 15 is 0 Å². The molecule has 1 aliphatic heterocycles. The molecule has 1 aromatic carbocycles. The Labute approximate surface area is 103 Å². The molecule has 1 heterocycles. The fourth-order valence-corrected chi connectivity index (χ4v) is 2.43. The van der Waals surface area contributed by atoms with Crippen molar-refractivity contribution in [1.29, 1.82) is 0 Å². The second-order valence-corrected chi connectivity index (χ2v) is 4.87. The SMILES string of the molecule is CC(=O)Nc1ccc(C[NH+]2CCCCC2)cc1. The van der Waals surface area contributed by atoms with Gasteiger partial charge >= 0.3 is 0 Å². The highest BCUT2D eigenvalue weighted by molar-refractivity contribution is 5.88. The van der Waals surface area contributed by atoms with Gasteiger partial charge in [-0.25, -0.2) is 0 Å². The van der Waals surface area contributed by atoms with Crippen LogP contribution in [0.1, 0.15) is 31.7 Å². The van der Waals surface area contributed by atoms with Gasteiger partial charge in [0.25, 0.3) is 0 Å². The van der Waals surface area contributed by atoms with E-state index in [4.69, 9.17) is 0 Å². The minimum Gasteiger partial charge on any atom is -0.331 e. The van der Waals surface area contributed by atoms with Crippen molar-refractivity contribution in [3.63, 3.8) is 0 Å². The molecule has 3 heteroatoms. The number of piperidine rings is 1. The third kappa shape index (κ3) is 3.86. The lowest BCUT2D eigenvalue weighted by atomic mass is 10.1. The molecular formula is C14H21N2O+. The first-order valence-electron chi connectivity index (χ1n) is 6.44. The monoisotopic (exact) mass is 233 g/mol. The smallest absolute Gasteiger partial charge is 0.221 e. The van der Waals surface area contributed by atoms with Crippen LogP contribution in [0.2, 0.25) is 0 Å². The molecule has 2 rings (SSSR count). The van der Waals surface area contributed by atoms with Gasteiger partial charge in [-0.1, -0.05) is 12.1 Å². The summed E-state index contributed by atoms with van der Waals surface area (Å²) in [6, 6.07) is 8.21. The van der Waals surface area contributed by atoms with Crippen molar-refractivity contribution in [2.45, 2.75) is 32.7 Å². The van der Waals surface area contributed by atoms with E-state index < -0.39 is 0 Å². The Balaban J connectivity index is 1.90. The van der Waals surface area contributed by atoms with E-state index in [9.17, 15) is 4.79 Å².